The average Bonchev–Trinajstić information content (AvgIpc) is 2.53. The summed E-state index contributed by atoms with van der Waals surface area (Å²) in [6.07, 6.45) is 13.2. The molecule has 0 atom stereocenters. The van der Waals surface area contributed by atoms with E-state index in [-0.39, 0.29) is 0 Å². The normalized spacial score (nSPS) is 26.8. The maximum atomic E-state index is 2.47. The Kier molecular flexibility index (Phi) is 2.93. The second-order valence-corrected chi connectivity index (χ2v) is 6.10. The molecule has 0 amide bonds. The fraction of sp³-hybridized carbons (Fsp3) is 0.667. The van der Waals surface area contributed by atoms with E-state index in [0.717, 1.165) is 0 Å². The van der Waals surface area contributed by atoms with Crippen LogP contribution < -0.4 is 0 Å². The second kappa shape index (κ2) is 3.85. The zero-order chi connectivity index (χ0) is 9.31. The van der Waals surface area contributed by atoms with E-state index in [9.17, 15) is 0 Å². The van der Waals surface area contributed by atoms with Crippen molar-refractivity contribution in [3.63, 3.8) is 0 Å². The third kappa shape index (κ3) is 1.91. The molecule has 69 valence electrons. The maximum absolute atomic E-state index is 2.47. The molecule has 0 aromatic heterocycles. The number of allylic oxidation sites excluding steroid dienone is 4. The molecule has 0 heterocycles. The van der Waals surface area contributed by atoms with Gasteiger partial charge in [0, 0.05) is 0 Å². The van der Waals surface area contributed by atoms with Gasteiger partial charge in [0.1, 0.15) is 0 Å². The number of hydrogen-bond acceptors (Lipinski definition) is 0. The van der Waals surface area contributed by atoms with Crippen molar-refractivity contribution in [1.29, 1.82) is 0 Å². The van der Waals surface area contributed by atoms with Crippen LogP contribution in [0, 0.1) is 5.41 Å². The Labute approximate surface area is 96.3 Å². The van der Waals surface area contributed by atoms with E-state index < -0.39 is 0 Å². The summed E-state index contributed by atoms with van der Waals surface area (Å²) in [6, 6.07) is 0. The molecule has 2 aliphatic rings. The molecule has 0 N–H and O–H groups in total. The molecule has 0 nitrogen and oxygen atoms in total. The SMILES string of the molecule is CC1(C2=[C]([Zr])CC=C2)CCCCC1. The van der Waals surface area contributed by atoms with E-state index in [2.05, 4.69) is 19.1 Å². The molecule has 0 aromatic rings. The van der Waals surface area contributed by atoms with Gasteiger partial charge < -0.3 is 0 Å². The zero-order valence-corrected chi connectivity index (χ0v) is 10.9. The van der Waals surface area contributed by atoms with Crippen molar-refractivity contribution in [2.45, 2.75) is 45.4 Å². The number of hydrogen-bond donors (Lipinski definition) is 0. The van der Waals surface area contributed by atoms with Crippen LogP contribution in [0.2, 0.25) is 0 Å². The molecule has 0 bridgehead atoms. The Balaban J connectivity index is 2.22. The summed E-state index contributed by atoms with van der Waals surface area (Å²) >= 11 is 1.63. The van der Waals surface area contributed by atoms with Gasteiger partial charge in [-0.15, -0.1) is 0 Å². The van der Waals surface area contributed by atoms with Gasteiger partial charge in [-0.1, -0.05) is 0 Å². The van der Waals surface area contributed by atoms with Crippen LogP contribution in [-0.4, -0.2) is 0 Å². The first kappa shape index (κ1) is 9.90. The standard InChI is InChI=1S/C12H17.Zr/c1-12(9-5-2-6-10-12)11-7-3-4-8-11;/h3,7H,2,4-6,9-10H2,1H3;. The molecular formula is C12H17Zr. The summed E-state index contributed by atoms with van der Waals surface area (Å²) < 4.78 is 1.71. The molecule has 2 aliphatic carbocycles. The van der Waals surface area contributed by atoms with Crippen molar-refractivity contribution in [2.75, 3.05) is 0 Å². The second-order valence-electron chi connectivity index (χ2n) is 4.62. The third-order valence-corrected chi connectivity index (χ3v) is 4.70. The van der Waals surface area contributed by atoms with Gasteiger partial charge in [0.2, 0.25) is 0 Å². The van der Waals surface area contributed by atoms with Gasteiger partial charge in [-0.3, -0.25) is 0 Å². The number of rotatable bonds is 1. The van der Waals surface area contributed by atoms with Crippen LogP contribution in [0.5, 0.6) is 0 Å². The Morgan fingerprint density at radius 2 is 1.92 bits per heavy atom. The quantitative estimate of drug-likeness (QED) is 0.667. The van der Waals surface area contributed by atoms with Crippen LogP contribution in [0.25, 0.3) is 0 Å². The van der Waals surface area contributed by atoms with Crippen LogP contribution >= 0.6 is 0 Å². The molecule has 13 heavy (non-hydrogen) atoms. The van der Waals surface area contributed by atoms with Crippen LogP contribution in [0.1, 0.15) is 45.4 Å². The van der Waals surface area contributed by atoms with Crippen LogP contribution in [0.3, 0.4) is 0 Å². The van der Waals surface area contributed by atoms with Crippen molar-refractivity contribution >= 4 is 0 Å². The van der Waals surface area contributed by atoms with E-state index >= 15 is 0 Å². The topological polar surface area (TPSA) is 0 Å². The molecular weight excluding hydrogens is 235 g/mol. The van der Waals surface area contributed by atoms with E-state index in [1.807, 2.05) is 0 Å². The molecule has 1 saturated carbocycles. The van der Waals surface area contributed by atoms with Gasteiger partial charge in [0.05, 0.1) is 0 Å². The van der Waals surface area contributed by atoms with Crippen molar-refractivity contribution in [1.82, 2.24) is 0 Å². The van der Waals surface area contributed by atoms with Crippen molar-refractivity contribution < 1.29 is 24.7 Å². The molecule has 0 spiro atoms. The Bertz CT molecular complexity index is 254. The molecule has 1 heteroatoms. The summed E-state index contributed by atoms with van der Waals surface area (Å²) in [5.74, 6) is 0. The summed E-state index contributed by atoms with van der Waals surface area (Å²) in [7, 11) is 0. The minimum atomic E-state index is 0.546. The van der Waals surface area contributed by atoms with Gasteiger partial charge in [-0.05, 0) is 0 Å². The zero-order valence-electron chi connectivity index (χ0n) is 8.40. The summed E-state index contributed by atoms with van der Waals surface area (Å²) in [4.78, 5) is 0. The monoisotopic (exact) mass is 251 g/mol. The first-order chi connectivity index (χ1) is 6.22. The molecule has 0 aromatic carbocycles. The molecule has 0 aliphatic heterocycles. The fourth-order valence-corrected chi connectivity index (χ4v) is 3.91. The van der Waals surface area contributed by atoms with Gasteiger partial charge >= 0.3 is 96.6 Å². The summed E-state index contributed by atoms with van der Waals surface area (Å²) in [5, 5.41) is 0. The van der Waals surface area contributed by atoms with Crippen LogP contribution in [-0.2, 0) is 24.7 Å². The minimum absolute atomic E-state index is 0.546. The average molecular weight is 252 g/mol. The van der Waals surface area contributed by atoms with Crippen molar-refractivity contribution in [3.05, 3.63) is 21.0 Å². The van der Waals surface area contributed by atoms with E-state index in [1.165, 1.54) is 38.5 Å². The fourth-order valence-electron chi connectivity index (χ4n) is 2.67. The predicted molar refractivity (Wildman–Crippen MR) is 52.0 cm³/mol. The summed E-state index contributed by atoms with van der Waals surface area (Å²) in [6.45, 7) is 2.47. The van der Waals surface area contributed by atoms with E-state index in [0.29, 0.717) is 5.41 Å². The van der Waals surface area contributed by atoms with Gasteiger partial charge in [0.15, 0.2) is 0 Å². The van der Waals surface area contributed by atoms with Gasteiger partial charge in [-0.25, -0.2) is 0 Å². The third-order valence-electron chi connectivity index (χ3n) is 3.54. The van der Waals surface area contributed by atoms with Gasteiger partial charge in [0.25, 0.3) is 0 Å². The first-order valence-electron chi connectivity index (χ1n) is 5.34. The van der Waals surface area contributed by atoms with E-state index in [4.69, 9.17) is 0 Å². The predicted octanol–water partition coefficient (Wildman–Crippen LogP) is 3.72. The van der Waals surface area contributed by atoms with Crippen molar-refractivity contribution in [3.8, 4) is 0 Å². The molecule has 0 unspecified atom stereocenters. The summed E-state index contributed by atoms with van der Waals surface area (Å²) in [5.41, 5.74) is 2.25. The Morgan fingerprint density at radius 1 is 1.23 bits per heavy atom. The Hall–Kier alpha value is 0.363. The molecule has 0 radical (unpaired) electrons. The molecule has 1 fully saturated rings. The first-order valence-corrected chi connectivity index (χ1v) is 6.57. The van der Waals surface area contributed by atoms with Crippen LogP contribution in [0.4, 0.5) is 0 Å². The molecule has 2 rings (SSSR count). The van der Waals surface area contributed by atoms with E-state index in [1.54, 1.807) is 33.6 Å². The van der Waals surface area contributed by atoms with Gasteiger partial charge in [-0.2, -0.15) is 0 Å². The Morgan fingerprint density at radius 3 is 2.46 bits per heavy atom. The van der Waals surface area contributed by atoms with Crippen molar-refractivity contribution in [2.24, 2.45) is 5.41 Å². The molecule has 0 saturated heterocycles. The van der Waals surface area contributed by atoms with Crippen LogP contribution in [0.15, 0.2) is 21.0 Å².